The summed E-state index contributed by atoms with van der Waals surface area (Å²) in [5.41, 5.74) is 0.531. The third-order valence-corrected chi connectivity index (χ3v) is 3.43. The Bertz CT molecular complexity index is 497. The van der Waals surface area contributed by atoms with Crippen molar-refractivity contribution in [1.82, 2.24) is 9.88 Å². The number of rotatable bonds is 7. The minimum absolute atomic E-state index is 0.0927. The van der Waals surface area contributed by atoms with Crippen LogP contribution in [0.4, 0.5) is 0 Å². The first-order chi connectivity index (χ1) is 10.7. The zero-order valence-electron chi connectivity index (χ0n) is 12.7. The second-order valence-electron chi connectivity index (χ2n) is 5.10. The molecule has 2 heterocycles. The summed E-state index contributed by atoms with van der Waals surface area (Å²) < 4.78 is 11.1. The van der Waals surface area contributed by atoms with Gasteiger partial charge < -0.3 is 14.4 Å². The fourth-order valence-electron chi connectivity index (χ4n) is 2.28. The Morgan fingerprint density at radius 3 is 2.55 bits per heavy atom. The van der Waals surface area contributed by atoms with Gasteiger partial charge in [-0.2, -0.15) is 0 Å². The highest BCUT2D eigenvalue weighted by Crippen LogP contribution is 2.16. The maximum Gasteiger partial charge on any atom is 0.255 e. The molecule has 0 radical (unpaired) electrons. The smallest absolute Gasteiger partial charge is 0.255 e. The molecule has 0 saturated carbocycles. The van der Waals surface area contributed by atoms with E-state index in [9.17, 15) is 4.79 Å². The first-order valence-electron chi connectivity index (χ1n) is 7.46. The van der Waals surface area contributed by atoms with Crippen LogP contribution < -0.4 is 4.74 Å². The van der Waals surface area contributed by atoms with Crippen molar-refractivity contribution in [2.45, 2.75) is 18.9 Å². The summed E-state index contributed by atoms with van der Waals surface area (Å²) in [7, 11) is 0. The molecule has 1 aromatic heterocycles. The van der Waals surface area contributed by atoms with Gasteiger partial charge in [0.15, 0.2) is 0 Å². The van der Waals surface area contributed by atoms with Gasteiger partial charge in [-0.05, 0) is 6.07 Å². The molecule has 22 heavy (non-hydrogen) atoms. The SMILES string of the molecule is C=CCN(CC=C)C(=O)c1ccc(OC2CCOCC2)nc1. The van der Waals surface area contributed by atoms with Crippen molar-refractivity contribution >= 4 is 5.91 Å². The van der Waals surface area contributed by atoms with Crippen molar-refractivity contribution in [3.8, 4) is 5.88 Å². The first-order valence-corrected chi connectivity index (χ1v) is 7.46. The van der Waals surface area contributed by atoms with E-state index in [0.717, 1.165) is 26.1 Å². The van der Waals surface area contributed by atoms with Gasteiger partial charge in [0.1, 0.15) is 6.10 Å². The Hall–Kier alpha value is -2.14. The molecule has 0 aromatic carbocycles. The lowest BCUT2D eigenvalue weighted by Crippen LogP contribution is -2.31. The summed E-state index contributed by atoms with van der Waals surface area (Å²) in [6.45, 7) is 9.73. The van der Waals surface area contributed by atoms with Crippen LogP contribution in [0.1, 0.15) is 23.2 Å². The lowest BCUT2D eigenvalue weighted by atomic mass is 10.1. The normalized spacial score (nSPS) is 15.1. The number of hydrogen-bond donors (Lipinski definition) is 0. The number of hydrogen-bond acceptors (Lipinski definition) is 4. The molecule has 1 saturated heterocycles. The molecule has 5 heteroatoms. The monoisotopic (exact) mass is 302 g/mol. The van der Waals surface area contributed by atoms with Crippen LogP contribution in [0.3, 0.4) is 0 Å². The van der Waals surface area contributed by atoms with Crippen LogP contribution in [0.5, 0.6) is 5.88 Å². The van der Waals surface area contributed by atoms with Crippen molar-refractivity contribution in [2.24, 2.45) is 0 Å². The number of aromatic nitrogens is 1. The maximum atomic E-state index is 12.4. The van der Waals surface area contributed by atoms with Crippen LogP contribution in [-0.2, 0) is 4.74 Å². The number of nitrogens with zero attached hydrogens (tertiary/aromatic N) is 2. The van der Waals surface area contributed by atoms with Gasteiger partial charge in [0.25, 0.3) is 5.91 Å². The van der Waals surface area contributed by atoms with Gasteiger partial charge in [-0.25, -0.2) is 4.98 Å². The molecule has 2 rings (SSSR count). The molecule has 0 spiro atoms. The van der Waals surface area contributed by atoms with Gasteiger partial charge in [0.05, 0.1) is 18.8 Å². The Labute approximate surface area is 131 Å². The Morgan fingerprint density at radius 2 is 2.00 bits per heavy atom. The minimum Gasteiger partial charge on any atom is -0.474 e. The topological polar surface area (TPSA) is 51.7 Å². The molecular formula is C17H22N2O3. The molecule has 5 nitrogen and oxygen atoms in total. The van der Waals surface area contributed by atoms with Crippen LogP contribution in [0.25, 0.3) is 0 Å². The van der Waals surface area contributed by atoms with Crippen LogP contribution in [0.2, 0.25) is 0 Å². The van der Waals surface area contributed by atoms with E-state index < -0.39 is 0 Å². The van der Waals surface area contributed by atoms with E-state index in [1.807, 2.05) is 0 Å². The van der Waals surface area contributed by atoms with Crippen LogP contribution >= 0.6 is 0 Å². The summed E-state index contributed by atoms with van der Waals surface area (Å²) in [5.74, 6) is 0.451. The van der Waals surface area contributed by atoms with E-state index >= 15 is 0 Å². The third-order valence-electron chi connectivity index (χ3n) is 3.43. The van der Waals surface area contributed by atoms with Crippen molar-refractivity contribution in [2.75, 3.05) is 26.3 Å². The fraction of sp³-hybridized carbons (Fsp3) is 0.412. The molecule has 1 aliphatic heterocycles. The second-order valence-corrected chi connectivity index (χ2v) is 5.10. The maximum absolute atomic E-state index is 12.4. The molecule has 1 aromatic rings. The summed E-state index contributed by atoms with van der Waals surface area (Å²) in [6, 6.07) is 3.48. The van der Waals surface area contributed by atoms with Crippen molar-refractivity contribution in [1.29, 1.82) is 0 Å². The van der Waals surface area contributed by atoms with E-state index in [-0.39, 0.29) is 12.0 Å². The number of ether oxygens (including phenoxy) is 2. The van der Waals surface area contributed by atoms with Crippen molar-refractivity contribution < 1.29 is 14.3 Å². The lowest BCUT2D eigenvalue weighted by molar-refractivity contribution is 0.0237. The van der Waals surface area contributed by atoms with Gasteiger partial charge in [0.2, 0.25) is 5.88 Å². The lowest BCUT2D eigenvalue weighted by Gasteiger charge is -2.23. The van der Waals surface area contributed by atoms with Crippen LogP contribution in [-0.4, -0.2) is 48.2 Å². The highest BCUT2D eigenvalue weighted by atomic mass is 16.5. The molecular weight excluding hydrogens is 280 g/mol. The third kappa shape index (κ3) is 4.43. The number of pyridine rings is 1. The van der Waals surface area contributed by atoms with Gasteiger partial charge in [0, 0.05) is 38.2 Å². The Kier molecular flexibility index (Phi) is 6.15. The number of carbonyl (C=O) groups is 1. The fourth-order valence-corrected chi connectivity index (χ4v) is 2.28. The van der Waals surface area contributed by atoms with Gasteiger partial charge in [-0.1, -0.05) is 12.2 Å². The van der Waals surface area contributed by atoms with Gasteiger partial charge >= 0.3 is 0 Å². The highest BCUT2D eigenvalue weighted by molar-refractivity contribution is 5.94. The zero-order chi connectivity index (χ0) is 15.8. The second kappa shape index (κ2) is 8.34. The van der Waals surface area contributed by atoms with E-state index in [0.29, 0.717) is 24.5 Å². The van der Waals surface area contributed by atoms with Gasteiger partial charge in [-0.15, -0.1) is 13.2 Å². The van der Waals surface area contributed by atoms with Gasteiger partial charge in [-0.3, -0.25) is 4.79 Å². The summed E-state index contributed by atoms with van der Waals surface area (Å²) >= 11 is 0. The van der Waals surface area contributed by atoms with Crippen molar-refractivity contribution in [3.63, 3.8) is 0 Å². The first kappa shape index (κ1) is 16.2. The molecule has 1 aliphatic rings. The Morgan fingerprint density at radius 1 is 1.32 bits per heavy atom. The summed E-state index contributed by atoms with van der Waals surface area (Å²) in [5, 5.41) is 0. The molecule has 0 atom stereocenters. The molecule has 1 fully saturated rings. The molecule has 0 bridgehead atoms. The quantitative estimate of drug-likeness (QED) is 0.726. The molecule has 1 amide bonds. The molecule has 118 valence electrons. The van der Waals surface area contributed by atoms with E-state index in [1.54, 1.807) is 35.4 Å². The predicted molar refractivity (Wildman–Crippen MR) is 85.0 cm³/mol. The molecule has 0 unspecified atom stereocenters. The average molecular weight is 302 g/mol. The zero-order valence-corrected chi connectivity index (χ0v) is 12.7. The number of carbonyl (C=O) groups excluding carboxylic acids is 1. The standard InChI is InChI=1S/C17H22N2O3/c1-3-9-19(10-4-2)17(20)14-5-6-16(18-13-14)22-15-7-11-21-12-8-15/h3-6,13,15H,1-2,7-12H2. The number of amides is 1. The van der Waals surface area contributed by atoms with E-state index in [4.69, 9.17) is 9.47 Å². The minimum atomic E-state index is -0.0927. The van der Waals surface area contributed by atoms with Crippen molar-refractivity contribution in [3.05, 3.63) is 49.2 Å². The summed E-state index contributed by atoms with van der Waals surface area (Å²) in [4.78, 5) is 18.2. The molecule has 0 N–H and O–H groups in total. The average Bonchev–Trinajstić information content (AvgIpc) is 2.56. The van der Waals surface area contributed by atoms with Crippen LogP contribution in [0.15, 0.2) is 43.6 Å². The predicted octanol–water partition coefficient (Wildman–Crippen LogP) is 2.45. The van der Waals surface area contributed by atoms with E-state index in [2.05, 4.69) is 18.1 Å². The highest BCUT2D eigenvalue weighted by Gasteiger charge is 2.17. The van der Waals surface area contributed by atoms with Crippen LogP contribution in [0, 0.1) is 0 Å². The van der Waals surface area contributed by atoms with E-state index in [1.165, 1.54) is 0 Å². The molecule has 0 aliphatic carbocycles. The Balaban J connectivity index is 1.98. The largest absolute Gasteiger partial charge is 0.474 e. The summed E-state index contributed by atoms with van der Waals surface area (Å²) in [6.07, 6.45) is 6.81.